The van der Waals surface area contributed by atoms with E-state index in [0.29, 0.717) is 11.9 Å². The minimum absolute atomic E-state index is 0. The third kappa shape index (κ3) is 7.73. The molecule has 1 aromatic carbocycles. The molecule has 0 fully saturated rings. The first-order chi connectivity index (χ1) is 11.6. The van der Waals surface area contributed by atoms with Crippen molar-refractivity contribution in [1.82, 2.24) is 4.98 Å². The molecule has 0 spiro atoms. The summed E-state index contributed by atoms with van der Waals surface area (Å²) in [7, 11) is 0. The van der Waals surface area contributed by atoms with Crippen molar-refractivity contribution in [2.45, 2.75) is 52.4 Å². The third-order valence-electron chi connectivity index (χ3n) is 4.11. The number of hydrogen-bond acceptors (Lipinski definition) is 3. The zero-order valence-corrected chi connectivity index (χ0v) is 18.4. The molecule has 2 rings (SSSR count). The normalized spacial score (nSPS) is 12.5. The van der Waals surface area contributed by atoms with E-state index in [4.69, 9.17) is 5.73 Å². The van der Waals surface area contributed by atoms with Gasteiger partial charge in [0, 0.05) is 23.3 Å². The van der Waals surface area contributed by atoms with E-state index >= 15 is 0 Å². The van der Waals surface area contributed by atoms with E-state index < -0.39 is 0 Å². The Morgan fingerprint density at radius 1 is 1.28 bits per heavy atom. The van der Waals surface area contributed by atoms with Gasteiger partial charge in [0.1, 0.15) is 0 Å². The molecule has 0 radical (unpaired) electrons. The van der Waals surface area contributed by atoms with Crippen LogP contribution in [0.1, 0.15) is 55.3 Å². The molecule has 0 aliphatic rings. The van der Waals surface area contributed by atoms with Gasteiger partial charge in [-0.05, 0) is 56.2 Å². The van der Waals surface area contributed by atoms with E-state index in [1.165, 1.54) is 10.6 Å². The minimum atomic E-state index is 0. The van der Waals surface area contributed by atoms with Crippen molar-refractivity contribution in [2.24, 2.45) is 10.7 Å². The molecular weight excluding hydrogens is 443 g/mol. The van der Waals surface area contributed by atoms with Crippen molar-refractivity contribution in [3.63, 3.8) is 0 Å². The molecule has 1 atom stereocenters. The van der Waals surface area contributed by atoms with Crippen molar-refractivity contribution in [2.75, 3.05) is 11.9 Å². The lowest BCUT2D eigenvalue weighted by atomic mass is 9.99. The Bertz CT molecular complexity index is 652. The van der Waals surface area contributed by atoms with Gasteiger partial charge < -0.3 is 11.1 Å². The van der Waals surface area contributed by atoms with E-state index in [1.54, 1.807) is 11.3 Å². The highest BCUT2D eigenvalue weighted by Crippen LogP contribution is 2.20. The van der Waals surface area contributed by atoms with Gasteiger partial charge in [0.05, 0.1) is 5.01 Å². The number of aromatic nitrogens is 1. The average molecular weight is 472 g/mol. The zero-order chi connectivity index (χ0) is 17.4. The number of aryl methyl sites for hydroxylation is 2. The van der Waals surface area contributed by atoms with Crippen LogP contribution >= 0.6 is 35.3 Å². The van der Waals surface area contributed by atoms with E-state index in [9.17, 15) is 0 Å². The molecule has 138 valence electrons. The molecule has 0 aliphatic carbocycles. The van der Waals surface area contributed by atoms with Crippen molar-refractivity contribution in [3.8, 4) is 0 Å². The number of aliphatic imine (C=N–C) groups is 1. The van der Waals surface area contributed by atoms with Gasteiger partial charge in [0.25, 0.3) is 0 Å². The van der Waals surface area contributed by atoms with Crippen LogP contribution in [0.25, 0.3) is 0 Å². The van der Waals surface area contributed by atoms with Crippen LogP contribution in [0, 0.1) is 6.92 Å². The second-order valence-electron chi connectivity index (χ2n) is 6.16. The topological polar surface area (TPSA) is 63.3 Å². The first-order valence-corrected chi connectivity index (χ1v) is 9.54. The van der Waals surface area contributed by atoms with Gasteiger partial charge >= 0.3 is 0 Å². The number of anilines is 1. The quantitative estimate of drug-likeness (QED) is 0.236. The summed E-state index contributed by atoms with van der Waals surface area (Å²) in [5, 5.41) is 6.47. The van der Waals surface area contributed by atoms with Crippen LogP contribution in [0.5, 0.6) is 0 Å². The molecule has 3 N–H and O–H groups in total. The van der Waals surface area contributed by atoms with E-state index in [0.717, 1.165) is 43.6 Å². The number of nitrogens with zero attached hydrogens (tertiary/aromatic N) is 2. The summed E-state index contributed by atoms with van der Waals surface area (Å²) in [6.07, 6.45) is 4.29. The minimum Gasteiger partial charge on any atom is -0.370 e. The number of nitrogens with one attached hydrogen (secondary N) is 1. The second kappa shape index (κ2) is 11.5. The Labute approximate surface area is 172 Å². The van der Waals surface area contributed by atoms with Crippen LogP contribution in [0.4, 0.5) is 5.69 Å². The summed E-state index contributed by atoms with van der Waals surface area (Å²) in [6.45, 7) is 7.22. The Balaban J connectivity index is 0.00000312. The number of hydrogen-bond donors (Lipinski definition) is 2. The highest BCUT2D eigenvalue weighted by atomic mass is 127. The first-order valence-electron chi connectivity index (χ1n) is 8.66. The van der Waals surface area contributed by atoms with Crippen molar-refractivity contribution in [1.29, 1.82) is 0 Å². The van der Waals surface area contributed by atoms with Gasteiger partial charge in [-0.25, -0.2) is 4.98 Å². The maximum Gasteiger partial charge on any atom is 0.193 e. The fourth-order valence-electron chi connectivity index (χ4n) is 2.42. The zero-order valence-electron chi connectivity index (χ0n) is 15.3. The van der Waals surface area contributed by atoms with Gasteiger partial charge in [0.2, 0.25) is 0 Å². The third-order valence-corrected chi connectivity index (χ3v) is 5.14. The highest BCUT2D eigenvalue weighted by Gasteiger charge is 2.03. The summed E-state index contributed by atoms with van der Waals surface area (Å²) in [6, 6.07) is 8.43. The standard InChI is InChI=1S/C19H28N4S.HI/c1-4-14(2)16-8-10-17(11-9-16)23-19(20)21-12-6-5-7-18-22-15(3)13-24-18;/h8-11,13-14H,4-7,12H2,1-3H3,(H3,20,21,23);1H. The number of rotatable bonds is 8. The van der Waals surface area contributed by atoms with Crippen LogP contribution in [-0.4, -0.2) is 17.5 Å². The number of nitrogens with two attached hydrogens (primary N) is 1. The van der Waals surface area contributed by atoms with Crippen LogP contribution < -0.4 is 11.1 Å². The smallest absolute Gasteiger partial charge is 0.193 e. The SMILES string of the molecule is CCC(C)c1ccc(NC(N)=NCCCCc2nc(C)cs2)cc1.I. The van der Waals surface area contributed by atoms with E-state index in [1.807, 2.05) is 6.92 Å². The summed E-state index contributed by atoms with van der Waals surface area (Å²) >= 11 is 1.74. The second-order valence-corrected chi connectivity index (χ2v) is 7.11. The molecule has 1 unspecified atom stereocenters. The van der Waals surface area contributed by atoms with Crippen LogP contribution in [0.3, 0.4) is 0 Å². The molecule has 0 bridgehead atoms. The highest BCUT2D eigenvalue weighted by molar-refractivity contribution is 14.0. The summed E-state index contributed by atoms with van der Waals surface area (Å²) in [5.74, 6) is 1.07. The molecule has 1 aromatic heterocycles. The van der Waals surface area contributed by atoms with E-state index in [-0.39, 0.29) is 24.0 Å². The molecule has 25 heavy (non-hydrogen) atoms. The predicted molar refractivity (Wildman–Crippen MR) is 120 cm³/mol. The summed E-state index contributed by atoms with van der Waals surface area (Å²) in [5.41, 5.74) is 9.41. The van der Waals surface area contributed by atoms with Crippen molar-refractivity contribution in [3.05, 3.63) is 45.9 Å². The molecule has 4 nitrogen and oxygen atoms in total. The van der Waals surface area contributed by atoms with E-state index in [2.05, 4.69) is 58.8 Å². The molecular formula is C19H29IN4S. The van der Waals surface area contributed by atoms with Gasteiger partial charge in [-0.3, -0.25) is 4.99 Å². The number of thiazole rings is 1. The number of guanidine groups is 1. The fraction of sp³-hybridized carbons (Fsp3) is 0.474. The van der Waals surface area contributed by atoms with Crippen LogP contribution in [0.2, 0.25) is 0 Å². The molecule has 2 aromatic rings. The molecule has 0 amide bonds. The monoisotopic (exact) mass is 472 g/mol. The maximum atomic E-state index is 5.96. The Hall–Kier alpha value is -1.15. The largest absolute Gasteiger partial charge is 0.370 e. The molecule has 6 heteroatoms. The lowest BCUT2D eigenvalue weighted by molar-refractivity contribution is 0.734. The number of unbranched alkanes of at least 4 members (excludes halogenated alkanes) is 1. The molecule has 1 heterocycles. The maximum absolute atomic E-state index is 5.96. The number of halogens is 1. The average Bonchev–Trinajstić information content (AvgIpc) is 3.00. The fourth-order valence-corrected chi connectivity index (χ4v) is 3.24. The lowest BCUT2D eigenvalue weighted by Gasteiger charge is -2.10. The van der Waals surface area contributed by atoms with Crippen LogP contribution in [-0.2, 0) is 6.42 Å². The van der Waals surface area contributed by atoms with Gasteiger partial charge in [-0.1, -0.05) is 26.0 Å². The number of benzene rings is 1. The van der Waals surface area contributed by atoms with Crippen molar-refractivity contribution >= 4 is 47.0 Å². The Morgan fingerprint density at radius 3 is 2.60 bits per heavy atom. The first kappa shape index (κ1) is 21.9. The van der Waals surface area contributed by atoms with Gasteiger partial charge in [-0.2, -0.15) is 0 Å². The molecule has 0 saturated heterocycles. The van der Waals surface area contributed by atoms with Gasteiger partial charge in [-0.15, -0.1) is 35.3 Å². The van der Waals surface area contributed by atoms with Gasteiger partial charge in [0.15, 0.2) is 5.96 Å². The Kier molecular flexibility index (Phi) is 10.0. The summed E-state index contributed by atoms with van der Waals surface area (Å²) in [4.78, 5) is 8.87. The predicted octanol–water partition coefficient (Wildman–Crippen LogP) is 5.33. The van der Waals surface area contributed by atoms with Crippen LogP contribution in [0.15, 0.2) is 34.6 Å². The Morgan fingerprint density at radius 2 is 2.00 bits per heavy atom. The summed E-state index contributed by atoms with van der Waals surface area (Å²) < 4.78 is 0. The molecule has 0 aliphatic heterocycles. The molecule has 0 saturated carbocycles. The van der Waals surface area contributed by atoms with Crippen molar-refractivity contribution < 1.29 is 0 Å². The lowest BCUT2D eigenvalue weighted by Crippen LogP contribution is -2.22.